The average molecular weight is 351 g/mol. The van der Waals surface area contributed by atoms with E-state index in [9.17, 15) is 17.6 Å². The van der Waals surface area contributed by atoms with Crippen LogP contribution in [0.2, 0.25) is 5.02 Å². The molecule has 0 spiro atoms. The number of halogens is 2. The third-order valence-electron chi connectivity index (χ3n) is 2.28. The Bertz CT molecular complexity index is 791. The van der Waals surface area contributed by atoms with E-state index in [1.165, 1.54) is 6.20 Å². The lowest BCUT2D eigenvalue weighted by atomic mass is 10.3. The highest BCUT2D eigenvalue weighted by molar-refractivity contribution is 7.93. The summed E-state index contributed by atoms with van der Waals surface area (Å²) in [6.45, 7) is 0. The fourth-order valence-corrected chi connectivity index (χ4v) is 4.03. The van der Waals surface area contributed by atoms with E-state index in [4.69, 9.17) is 16.7 Å². The van der Waals surface area contributed by atoms with Crippen LogP contribution < -0.4 is 4.72 Å². The topological polar surface area (TPSA) is 96.4 Å². The van der Waals surface area contributed by atoms with Crippen molar-refractivity contribution < 1.29 is 22.7 Å². The largest absolute Gasteiger partial charge is 0.481 e. The van der Waals surface area contributed by atoms with Crippen LogP contribution in [0.5, 0.6) is 0 Å². The van der Waals surface area contributed by atoms with Gasteiger partial charge in [-0.2, -0.15) is 0 Å². The van der Waals surface area contributed by atoms with E-state index in [1.54, 1.807) is 0 Å². The molecule has 0 bridgehead atoms. The number of hydrogen-bond donors (Lipinski definition) is 2. The highest BCUT2D eigenvalue weighted by Gasteiger charge is 2.20. The minimum absolute atomic E-state index is 0.00615. The number of thiazole rings is 1. The van der Waals surface area contributed by atoms with Crippen molar-refractivity contribution in [2.75, 3.05) is 4.72 Å². The molecule has 0 atom stereocenters. The summed E-state index contributed by atoms with van der Waals surface area (Å²) in [5, 5.41) is 8.38. The Balaban J connectivity index is 2.25. The molecule has 0 aliphatic rings. The van der Waals surface area contributed by atoms with Gasteiger partial charge >= 0.3 is 5.97 Å². The first-order valence-electron chi connectivity index (χ1n) is 5.42. The van der Waals surface area contributed by atoms with Gasteiger partial charge in [0.1, 0.15) is 10.7 Å². The molecular weight excluding hydrogens is 343 g/mol. The van der Waals surface area contributed by atoms with Crippen LogP contribution >= 0.6 is 22.9 Å². The van der Waals surface area contributed by atoms with E-state index in [2.05, 4.69) is 9.71 Å². The first-order valence-corrected chi connectivity index (χ1v) is 8.10. The van der Waals surface area contributed by atoms with Crippen molar-refractivity contribution in [1.82, 2.24) is 4.98 Å². The Morgan fingerprint density at radius 1 is 1.48 bits per heavy atom. The molecular formula is C11H8ClFN2O4S2. The van der Waals surface area contributed by atoms with Crippen molar-refractivity contribution in [1.29, 1.82) is 0 Å². The van der Waals surface area contributed by atoms with Crippen LogP contribution in [0, 0.1) is 5.82 Å². The van der Waals surface area contributed by atoms with Gasteiger partial charge in [-0.1, -0.05) is 11.6 Å². The zero-order chi connectivity index (χ0) is 15.6. The molecule has 0 saturated carbocycles. The smallest absolute Gasteiger partial charge is 0.308 e. The summed E-state index contributed by atoms with van der Waals surface area (Å²) < 4.78 is 39.3. The zero-order valence-electron chi connectivity index (χ0n) is 10.2. The van der Waals surface area contributed by atoms with E-state index in [1.807, 2.05) is 0 Å². The number of nitrogens with one attached hydrogen (secondary N) is 1. The lowest BCUT2D eigenvalue weighted by Gasteiger charge is -2.06. The van der Waals surface area contributed by atoms with Gasteiger partial charge in [-0.05, 0) is 18.2 Å². The van der Waals surface area contributed by atoms with Crippen molar-refractivity contribution in [2.24, 2.45) is 0 Å². The molecule has 21 heavy (non-hydrogen) atoms. The standard InChI is InChI=1S/C11H8ClFN2O4S2/c12-8-3-6(13)1-2-9(8)21(18,19)15-11-14-5-7(20-11)4-10(16)17/h1-3,5H,4H2,(H,14,15)(H,16,17). The fourth-order valence-electron chi connectivity index (χ4n) is 1.45. The van der Waals surface area contributed by atoms with Crippen LogP contribution in [0.15, 0.2) is 29.3 Å². The summed E-state index contributed by atoms with van der Waals surface area (Å²) in [7, 11) is -4.02. The SMILES string of the molecule is O=C(O)Cc1cnc(NS(=O)(=O)c2ccc(F)cc2Cl)s1. The molecule has 1 heterocycles. The predicted molar refractivity (Wildman–Crippen MR) is 75.7 cm³/mol. The molecule has 2 aromatic rings. The average Bonchev–Trinajstić information content (AvgIpc) is 2.73. The van der Waals surface area contributed by atoms with E-state index < -0.39 is 21.8 Å². The highest BCUT2D eigenvalue weighted by atomic mass is 35.5. The Labute approximate surface area is 128 Å². The van der Waals surface area contributed by atoms with Gasteiger partial charge in [0.2, 0.25) is 0 Å². The minimum Gasteiger partial charge on any atom is -0.481 e. The number of aliphatic carboxylic acids is 1. The monoisotopic (exact) mass is 350 g/mol. The Hall–Kier alpha value is -1.71. The molecule has 0 aliphatic carbocycles. The van der Waals surface area contributed by atoms with Crippen molar-refractivity contribution in [3.8, 4) is 0 Å². The normalized spacial score (nSPS) is 11.3. The quantitative estimate of drug-likeness (QED) is 0.862. The van der Waals surface area contributed by atoms with Crippen LogP contribution in [-0.4, -0.2) is 24.5 Å². The van der Waals surface area contributed by atoms with Gasteiger partial charge < -0.3 is 5.11 Å². The molecule has 10 heteroatoms. The number of rotatable bonds is 5. The number of carbonyl (C=O) groups is 1. The maximum Gasteiger partial charge on any atom is 0.308 e. The highest BCUT2D eigenvalue weighted by Crippen LogP contribution is 2.26. The second-order valence-corrected chi connectivity index (χ2v) is 7.06. The summed E-state index contributed by atoms with van der Waals surface area (Å²) in [6.07, 6.45) is 1.01. The number of anilines is 1. The molecule has 6 nitrogen and oxygen atoms in total. The van der Waals surface area contributed by atoms with E-state index in [-0.39, 0.29) is 21.5 Å². The number of carboxylic acid groups (broad SMARTS) is 1. The first kappa shape index (κ1) is 15.7. The lowest BCUT2D eigenvalue weighted by molar-refractivity contribution is -0.136. The van der Waals surface area contributed by atoms with Crippen LogP contribution in [0.1, 0.15) is 4.88 Å². The number of sulfonamides is 1. The van der Waals surface area contributed by atoms with Crippen molar-refractivity contribution in [2.45, 2.75) is 11.3 Å². The van der Waals surface area contributed by atoms with E-state index >= 15 is 0 Å². The molecule has 2 N–H and O–H groups in total. The molecule has 0 aliphatic heterocycles. The van der Waals surface area contributed by atoms with Crippen LogP contribution in [0.4, 0.5) is 9.52 Å². The van der Waals surface area contributed by atoms with Crippen LogP contribution in [0.3, 0.4) is 0 Å². The first-order chi connectivity index (χ1) is 9.78. The molecule has 0 radical (unpaired) electrons. The lowest BCUT2D eigenvalue weighted by Crippen LogP contribution is -2.13. The van der Waals surface area contributed by atoms with Crippen molar-refractivity contribution in [3.63, 3.8) is 0 Å². The zero-order valence-corrected chi connectivity index (χ0v) is 12.6. The predicted octanol–water partition coefficient (Wildman–Crippen LogP) is 2.36. The number of aromatic nitrogens is 1. The third-order valence-corrected chi connectivity index (χ3v) is 5.15. The molecule has 0 saturated heterocycles. The summed E-state index contributed by atoms with van der Waals surface area (Å²) >= 11 is 6.59. The minimum atomic E-state index is -4.02. The Kier molecular flexibility index (Phi) is 4.45. The van der Waals surface area contributed by atoms with Crippen molar-refractivity contribution >= 4 is 44.1 Å². The molecule has 2 rings (SSSR count). The second kappa shape index (κ2) is 5.96. The van der Waals surface area contributed by atoms with E-state index in [0.29, 0.717) is 4.88 Å². The maximum absolute atomic E-state index is 12.9. The summed E-state index contributed by atoms with van der Waals surface area (Å²) in [4.78, 5) is 14.4. The van der Waals surface area contributed by atoms with Gasteiger partial charge in [0.05, 0.1) is 11.4 Å². The number of hydrogen-bond acceptors (Lipinski definition) is 5. The maximum atomic E-state index is 12.9. The van der Waals surface area contributed by atoms with E-state index in [0.717, 1.165) is 29.5 Å². The number of carboxylic acids is 1. The van der Waals surface area contributed by atoms with Gasteiger partial charge in [0.15, 0.2) is 5.13 Å². The summed E-state index contributed by atoms with van der Waals surface area (Å²) in [5.41, 5.74) is 0. The second-order valence-electron chi connectivity index (χ2n) is 3.88. The Morgan fingerprint density at radius 2 is 2.19 bits per heavy atom. The van der Waals surface area contributed by atoms with Crippen molar-refractivity contribution in [3.05, 3.63) is 40.1 Å². The van der Waals surface area contributed by atoms with Gasteiger partial charge in [-0.15, -0.1) is 11.3 Å². The molecule has 0 unspecified atom stereocenters. The summed E-state index contributed by atoms with van der Waals surface area (Å²) in [5.74, 6) is -1.70. The van der Waals surface area contributed by atoms with Gasteiger partial charge in [-0.3, -0.25) is 9.52 Å². The third kappa shape index (κ3) is 3.90. The van der Waals surface area contributed by atoms with Crippen LogP contribution in [0.25, 0.3) is 0 Å². The number of benzene rings is 1. The molecule has 0 fully saturated rings. The number of nitrogens with zero attached hydrogens (tertiary/aromatic N) is 1. The van der Waals surface area contributed by atoms with Gasteiger partial charge in [-0.25, -0.2) is 17.8 Å². The molecule has 1 aromatic heterocycles. The Morgan fingerprint density at radius 3 is 2.81 bits per heavy atom. The van der Waals surface area contributed by atoms with Gasteiger partial charge in [0.25, 0.3) is 10.0 Å². The van der Waals surface area contributed by atoms with Gasteiger partial charge in [0, 0.05) is 11.1 Å². The molecule has 1 aromatic carbocycles. The molecule has 0 amide bonds. The van der Waals surface area contributed by atoms with Crippen LogP contribution in [-0.2, 0) is 21.2 Å². The molecule has 112 valence electrons. The fraction of sp³-hybridized carbons (Fsp3) is 0.0909. The summed E-state index contributed by atoms with van der Waals surface area (Å²) in [6, 6.07) is 2.89.